The second-order valence-electron chi connectivity index (χ2n) is 4.44. The van der Waals surface area contributed by atoms with E-state index in [1.165, 1.54) is 0 Å². The fraction of sp³-hybridized carbons (Fsp3) is 0.900. The van der Waals surface area contributed by atoms with Crippen molar-refractivity contribution in [1.29, 1.82) is 0 Å². The molecule has 1 aliphatic rings. The topological polar surface area (TPSA) is 84.4 Å². The number of hydrazine groups is 1. The molecular weight excluding hydrogens is 192 g/mol. The zero-order valence-electron chi connectivity index (χ0n) is 9.57. The summed E-state index contributed by atoms with van der Waals surface area (Å²) in [7, 11) is 0. The molecule has 1 rings (SSSR count). The van der Waals surface area contributed by atoms with E-state index >= 15 is 0 Å². The molecule has 0 aromatic heterocycles. The van der Waals surface area contributed by atoms with Gasteiger partial charge in [-0.05, 0) is 26.3 Å². The summed E-state index contributed by atoms with van der Waals surface area (Å²) >= 11 is 0. The molecule has 1 heterocycles. The molecule has 1 amide bonds. The number of nitrogens with two attached hydrogens (primary N) is 2. The highest BCUT2D eigenvalue weighted by Crippen LogP contribution is 2.16. The van der Waals surface area contributed by atoms with Crippen LogP contribution in [0.2, 0.25) is 0 Å². The average Bonchev–Trinajstić information content (AvgIpc) is 2.26. The lowest BCUT2D eigenvalue weighted by atomic mass is 9.97. The molecule has 1 fully saturated rings. The van der Waals surface area contributed by atoms with E-state index in [1.807, 2.05) is 6.92 Å². The zero-order valence-corrected chi connectivity index (χ0v) is 9.57. The van der Waals surface area contributed by atoms with Crippen LogP contribution in [0.5, 0.6) is 0 Å². The molecule has 0 aromatic carbocycles. The normalized spacial score (nSPS) is 27.1. The molecule has 5 nitrogen and oxygen atoms in total. The van der Waals surface area contributed by atoms with Crippen molar-refractivity contribution in [3.63, 3.8) is 0 Å². The summed E-state index contributed by atoms with van der Waals surface area (Å²) in [6.45, 7) is 5.85. The molecule has 0 radical (unpaired) electrons. The first-order valence-electron chi connectivity index (χ1n) is 5.56. The Kier molecular flexibility index (Phi) is 4.50. The molecule has 0 aromatic rings. The summed E-state index contributed by atoms with van der Waals surface area (Å²) in [4.78, 5) is 13.7. The van der Waals surface area contributed by atoms with Crippen LogP contribution in [0.25, 0.3) is 0 Å². The largest absolute Gasteiger partial charge is 0.327 e. The molecule has 3 atom stereocenters. The second-order valence-corrected chi connectivity index (χ2v) is 4.44. The first-order chi connectivity index (χ1) is 7.06. The summed E-state index contributed by atoms with van der Waals surface area (Å²) in [5.74, 6) is 4.92. The highest BCUT2D eigenvalue weighted by atomic mass is 16.2. The van der Waals surface area contributed by atoms with Crippen LogP contribution in [-0.4, -0.2) is 36.0 Å². The van der Waals surface area contributed by atoms with Gasteiger partial charge in [0.25, 0.3) is 0 Å². The van der Waals surface area contributed by atoms with Crippen LogP contribution in [0.4, 0.5) is 0 Å². The molecule has 5 heteroatoms. The van der Waals surface area contributed by atoms with Gasteiger partial charge in [0.05, 0.1) is 5.92 Å². The van der Waals surface area contributed by atoms with Gasteiger partial charge in [-0.15, -0.1) is 0 Å². The minimum atomic E-state index is -0.110. The molecule has 0 saturated carbocycles. The van der Waals surface area contributed by atoms with Crippen LogP contribution < -0.4 is 17.0 Å². The Balaban J connectivity index is 2.51. The molecule has 1 aliphatic heterocycles. The Morgan fingerprint density at radius 2 is 2.20 bits per heavy atom. The number of nitrogens with one attached hydrogen (secondary N) is 1. The van der Waals surface area contributed by atoms with Gasteiger partial charge in [-0.1, -0.05) is 6.92 Å². The molecule has 1 saturated heterocycles. The van der Waals surface area contributed by atoms with E-state index in [0.29, 0.717) is 0 Å². The van der Waals surface area contributed by atoms with Gasteiger partial charge in [-0.25, -0.2) is 5.84 Å². The molecular formula is C10H22N4O. The van der Waals surface area contributed by atoms with Crippen LogP contribution in [0.15, 0.2) is 0 Å². The van der Waals surface area contributed by atoms with Crippen LogP contribution in [0.3, 0.4) is 0 Å². The van der Waals surface area contributed by atoms with Crippen molar-refractivity contribution in [3.8, 4) is 0 Å². The number of likely N-dealkylation sites (tertiary alicyclic amines) is 1. The van der Waals surface area contributed by atoms with E-state index in [2.05, 4.69) is 17.2 Å². The Morgan fingerprint density at radius 1 is 1.53 bits per heavy atom. The maximum atomic E-state index is 11.4. The summed E-state index contributed by atoms with van der Waals surface area (Å²) in [6.07, 6.45) is 2.20. The predicted molar refractivity (Wildman–Crippen MR) is 59.7 cm³/mol. The van der Waals surface area contributed by atoms with Gasteiger partial charge in [-0.2, -0.15) is 0 Å². The van der Waals surface area contributed by atoms with E-state index in [0.717, 1.165) is 25.9 Å². The van der Waals surface area contributed by atoms with Gasteiger partial charge in [0.15, 0.2) is 0 Å². The van der Waals surface area contributed by atoms with Crippen molar-refractivity contribution in [1.82, 2.24) is 10.3 Å². The van der Waals surface area contributed by atoms with E-state index in [1.54, 1.807) is 0 Å². The lowest BCUT2D eigenvalue weighted by Crippen LogP contribution is -2.51. The Labute approximate surface area is 91.1 Å². The van der Waals surface area contributed by atoms with E-state index in [4.69, 9.17) is 11.6 Å². The second kappa shape index (κ2) is 5.44. The first-order valence-corrected chi connectivity index (χ1v) is 5.56. The van der Waals surface area contributed by atoms with Gasteiger partial charge in [0, 0.05) is 18.6 Å². The minimum absolute atomic E-state index is 0.0969. The summed E-state index contributed by atoms with van der Waals surface area (Å²) in [6, 6.07) is 0.439. The number of amides is 1. The molecule has 5 N–H and O–H groups in total. The maximum Gasteiger partial charge on any atom is 0.238 e. The molecule has 15 heavy (non-hydrogen) atoms. The molecule has 0 spiro atoms. The zero-order chi connectivity index (χ0) is 11.4. The number of nitrogens with zero attached hydrogens (tertiary/aromatic N) is 1. The fourth-order valence-corrected chi connectivity index (χ4v) is 2.08. The maximum absolute atomic E-state index is 11.4. The van der Waals surface area contributed by atoms with Crippen molar-refractivity contribution >= 4 is 5.91 Å². The average molecular weight is 214 g/mol. The molecule has 88 valence electrons. The monoisotopic (exact) mass is 214 g/mol. The highest BCUT2D eigenvalue weighted by Gasteiger charge is 2.28. The third-order valence-corrected chi connectivity index (χ3v) is 3.34. The molecule has 0 bridgehead atoms. The lowest BCUT2D eigenvalue weighted by Gasteiger charge is -2.37. The van der Waals surface area contributed by atoms with Crippen molar-refractivity contribution in [2.24, 2.45) is 17.5 Å². The summed E-state index contributed by atoms with van der Waals surface area (Å²) in [5.41, 5.74) is 8.10. The number of carbonyl (C=O) groups excluding carboxylic acids is 1. The van der Waals surface area contributed by atoms with Crippen molar-refractivity contribution in [2.45, 2.75) is 38.8 Å². The predicted octanol–water partition coefficient (Wildman–Crippen LogP) is -0.576. The van der Waals surface area contributed by atoms with Gasteiger partial charge >= 0.3 is 0 Å². The first kappa shape index (κ1) is 12.4. The van der Waals surface area contributed by atoms with Gasteiger partial charge < -0.3 is 5.73 Å². The number of hydrogen-bond acceptors (Lipinski definition) is 4. The Bertz CT molecular complexity index is 221. The van der Waals surface area contributed by atoms with Gasteiger partial charge in [0.1, 0.15) is 0 Å². The van der Waals surface area contributed by atoms with Crippen molar-refractivity contribution in [2.75, 3.05) is 13.1 Å². The highest BCUT2D eigenvalue weighted by molar-refractivity contribution is 5.78. The Hall–Kier alpha value is -0.650. The van der Waals surface area contributed by atoms with Crippen LogP contribution in [0.1, 0.15) is 26.7 Å². The standard InChI is InChI=1S/C10H22N4O/c1-7(10(15)13-12)8(2)14-5-3-4-9(11)6-14/h7-9H,3-6,11-12H2,1-2H3,(H,13,15). The third kappa shape index (κ3) is 3.15. The van der Waals surface area contributed by atoms with Crippen LogP contribution >= 0.6 is 0 Å². The van der Waals surface area contributed by atoms with E-state index in [-0.39, 0.29) is 23.9 Å². The number of carbonyl (C=O) groups is 1. The van der Waals surface area contributed by atoms with Crippen LogP contribution in [0, 0.1) is 5.92 Å². The van der Waals surface area contributed by atoms with Crippen molar-refractivity contribution in [3.05, 3.63) is 0 Å². The SMILES string of the molecule is CC(C(=O)NN)C(C)N1CCCC(N)C1. The fourth-order valence-electron chi connectivity index (χ4n) is 2.08. The smallest absolute Gasteiger partial charge is 0.238 e. The quantitative estimate of drug-likeness (QED) is 0.333. The van der Waals surface area contributed by atoms with Gasteiger partial charge in [-0.3, -0.25) is 15.1 Å². The number of hydrogen-bond donors (Lipinski definition) is 3. The summed E-state index contributed by atoms with van der Waals surface area (Å²) in [5, 5.41) is 0. The number of piperidine rings is 1. The Morgan fingerprint density at radius 3 is 2.73 bits per heavy atom. The molecule has 0 aliphatic carbocycles. The van der Waals surface area contributed by atoms with E-state index in [9.17, 15) is 4.79 Å². The lowest BCUT2D eigenvalue weighted by molar-refractivity contribution is -0.126. The third-order valence-electron chi connectivity index (χ3n) is 3.34. The minimum Gasteiger partial charge on any atom is -0.327 e. The summed E-state index contributed by atoms with van der Waals surface area (Å²) < 4.78 is 0. The van der Waals surface area contributed by atoms with Gasteiger partial charge in [0.2, 0.25) is 5.91 Å². The van der Waals surface area contributed by atoms with Crippen LogP contribution in [-0.2, 0) is 4.79 Å². The van der Waals surface area contributed by atoms with Crippen molar-refractivity contribution < 1.29 is 4.79 Å². The molecule has 3 unspecified atom stereocenters. The number of rotatable bonds is 3. The van der Waals surface area contributed by atoms with E-state index < -0.39 is 0 Å².